The average molecular weight is 487 g/mol. The maximum Gasteiger partial charge on any atom is 0.191 e. The Morgan fingerprint density at radius 3 is 2.41 bits per heavy atom. The number of nitrogens with one attached hydrogen (secondary N) is 2. The highest BCUT2D eigenvalue weighted by molar-refractivity contribution is 14.0. The number of rotatable bonds is 8. The first-order valence-corrected chi connectivity index (χ1v) is 8.61. The summed E-state index contributed by atoms with van der Waals surface area (Å²) in [4.78, 5) is 4.17. The van der Waals surface area contributed by atoms with Gasteiger partial charge >= 0.3 is 0 Å². The summed E-state index contributed by atoms with van der Waals surface area (Å²) in [5, 5.41) is 6.39. The molecule has 0 heterocycles. The Morgan fingerprint density at radius 1 is 1.07 bits per heavy atom. The van der Waals surface area contributed by atoms with Gasteiger partial charge in [0.25, 0.3) is 0 Å². The van der Waals surface area contributed by atoms with E-state index in [0.29, 0.717) is 42.5 Å². The molecule has 0 aliphatic heterocycles. The van der Waals surface area contributed by atoms with Crippen LogP contribution in [0.25, 0.3) is 0 Å². The Kier molecular flexibility index (Phi) is 10.5. The van der Waals surface area contributed by atoms with E-state index >= 15 is 0 Å². The largest absolute Gasteiger partial charge is 0.493 e. The molecule has 0 radical (unpaired) electrons. The van der Waals surface area contributed by atoms with Crippen molar-refractivity contribution in [1.82, 2.24) is 10.6 Å². The number of para-hydroxylation sites is 2. The maximum atomic E-state index is 13.6. The third kappa shape index (κ3) is 7.62. The molecule has 2 aromatic rings. The Bertz CT molecular complexity index is 728. The zero-order valence-electron chi connectivity index (χ0n) is 15.9. The molecule has 2 N–H and O–H groups in total. The Labute approximate surface area is 177 Å². The number of ether oxygens (including phenoxy) is 2. The molecule has 0 amide bonds. The monoisotopic (exact) mass is 487 g/mol. The normalized spacial score (nSPS) is 11.9. The van der Waals surface area contributed by atoms with E-state index in [0.717, 1.165) is 0 Å². The average Bonchev–Trinajstić information content (AvgIpc) is 2.66. The van der Waals surface area contributed by atoms with Gasteiger partial charge in [-0.2, -0.15) is 0 Å². The second-order valence-corrected chi connectivity index (χ2v) is 5.80. The number of aliphatic imine (C=N–C) groups is 1. The fourth-order valence-corrected chi connectivity index (χ4v) is 2.45. The fourth-order valence-electron chi connectivity index (χ4n) is 2.45. The molecule has 0 saturated heterocycles. The molecule has 1 atom stereocenters. The standard InChI is InChI=1S/C20H26FN3O2.HI/c1-15(26-19-11-7-6-10-18(19)25-3)14-24-20(22-2)23-13-12-16-8-4-5-9-17(16)21;/h4-11,15H,12-14H2,1-3H3,(H2,22,23,24);1H. The van der Waals surface area contributed by atoms with Crippen LogP contribution in [-0.4, -0.2) is 39.3 Å². The van der Waals surface area contributed by atoms with Gasteiger partial charge in [-0.3, -0.25) is 4.99 Å². The highest BCUT2D eigenvalue weighted by Gasteiger charge is 2.09. The molecule has 0 aliphatic rings. The predicted molar refractivity (Wildman–Crippen MR) is 118 cm³/mol. The van der Waals surface area contributed by atoms with Crippen molar-refractivity contribution >= 4 is 29.9 Å². The van der Waals surface area contributed by atoms with Gasteiger partial charge in [0.15, 0.2) is 17.5 Å². The minimum atomic E-state index is -0.184. The minimum absolute atomic E-state index is 0. The zero-order chi connectivity index (χ0) is 18.8. The van der Waals surface area contributed by atoms with Crippen LogP contribution in [0.15, 0.2) is 53.5 Å². The molecule has 2 rings (SSSR count). The Balaban J connectivity index is 0.00000364. The highest BCUT2D eigenvalue weighted by Crippen LogP contribution is 2.26. The van der Waals surface area contributed by atoms with Gasteiger partial charge in [-0.1, -0.05) is 30.3 Å². The van der Waals surface area contributed by atoms with Crippen LogP contribution in [0.2, 0.25) is 0 Å². The summed E-state index contributed by atoms with van der Waals surface area (Å²) < 4.78 is 24.8. The summed E-state index contributed by atoms with van der Waals surface area (Å²) in [7, 11) is 3.32. The van der Waals surface area contributed by atoms with E-state index in [4.69, 9.17) is 9.47 Å². The van der Waals surface area contributed by atoms with E-state index in [1.807, 2.05) is 37.3 Å². The lowest BCUT2D eigenvalue weighted by atomic mass is 10.1. The molecule has 0 saturated carbocycles. The van der Waals surface area contributed by atoms with Gasteiger partial charge in [0, 0.05) is 13.6 Å². The maximum absolute atomic E-state index is 13.6. The van der Waals surface area contributed by atoms with E-state index in [9.17, 15) is 4.39 Å². The third-order valence-electron chi connectivity index (χ3n) is 3.82. The van der Waals surface area contributed by atoms with Crippen molar-refractivity contribution in [1.29, 1.82) is 0 Å². The fraction of sp³-hybridized carbons (Fsp3) is 0.350. The number of methoxy groups -OCH3 is 1. The first-order valence-electron chi connectivity index (χ1n) is 8.61. The quantitative estimate of drug-likeness (QED) is 0.340. The third-order valence-corrected chi connectivity index (χ3v) is 3.82. The number of halogens is 2. The van der Waals surface area contributed by atoms with Gasteiger partial charge < -0.3 is 20.1 Å². The first-order chi connectivity index (χ1) is 12.6. The number of hydrogen-bond donors (Lipinski definition) is 2. The van der Waals surface area contributed by atoms with Crippen molar-refractivity contribution in [2.45, 2.75) is 19.4 Å². The van der Waals surface area contributed by atoms with Crippen LogP contribution in [0, 0.1) is 5.82 Å². The van der Waals surface area contributed by atoms with E-state index in [1.54, 1.807) is 26.3 Å². The Morgan fingerprint density at radius 2 is 1.74 bits per heavy atom. The van der Waals surface area contributed by atoms with Crippen LogP contribution in [0.3, 0.4) is 0 Å². The van der Waals surface area contributed by atoms with E-state index in [-0.39, 0.29) is 35.9 Å². The second-order valence-electron chi connectivity index (χ2n) is 5.80. The van der Waals surface area contributed by atoms with Crippen molar-refractivity contribution in [3.05, 3.63) is 59.9 Å². The van der Waals surface area contributed by atoms with Gasteiger partial charge in [-0.05, 0) is 37.1 Å². The summed E-state index contributed by atoms with van der Waals surface area (Å²) in [5.74, 6) is 1.87. The molecule has 2 aromatic carbocycles. The molecule has 148 valence electrons. The van der Waals surface area contributed by atoms with Crippen LogP contribution >= 0.6 is 24.0 Å². The summed E-state index contributed by atoms with van der Waals surface area (Å²) in [5.41, 5.74) is 0.684. The summed E-state index contributed by atoms with van der Waals surface area (Å²) in [6.07, 6.45) is 0.497. The smallest absolute Gasteiger partial charge is 0.191 e. The summed E-state index contributed by atoms with van der Waals surface area (Å²) >= 11 is 0. The number of nitrogens with zero attached hydrogens (tertiary/aromatic N) is 1. The summed E-state index contributed by atoms with van der Waals surface area (Å²) in [6, 6.07) is 14.3. The molecule has 0 aromatic heterocycles. The van der Waals surface area contributed by atoms with Crippen molar-refractivity contribution in [2.75, 3.05) is 27.2 Å². The lowest BCUT2D eigenvalue weighted by Crippen LogP contribution is -2.42. The van der Waals surface area contributed by atoms with Gasteiger partial charge in [0.05, 0.1) is 13.7 Å². The number of guanidine groups is 1. The molecule has 1 unspecified atom stereocenters. The molecule has 7 heteroatoms. The van der Waals surface area contributed by atoms with E-state index in [1.165, 1.54) is 6.07 Å². The molecule has 27 heavy (non-hydrogen) atoms. The van der Waals surface area contributed by atoms with Gasteiger partial charge in [-0.15, -0.1) is 24.0 Å². The van der Waals surface area contributed by atoms with Crippen LogP contribution in [0.4, 0.5) is 4.39 Å². The number of hydrogen-bond acceptors (Lipinski definition) is 3. The Hall–Kier alpha value is -2.03. The molecule has 0 bridgehead atoms. The van der Waals surface area contributed by atoms with Gasteiger partial charge in [0.1, 0.15) is 11.9 Å². The molecule has 0 aliphatic carbocycles. The van der Waals surface area contributed by atoms with Gasteiger partial charge in [0.2, 0.25) is 0 Å². The van der Waals surface area contributed by atoms with Crippen molar-refractivity contribution < 1.29 is 13.9 Å². The van der Waals surface area contributed by atoms with Crippen LogP contribution in [0.1, 0.15) is 12.5 Å². The van der Waals surface area contributed by atoms with Crippen molar-refractivity contribution in [3.63, 3.8) is 0 Å². The lowest BCUT2D eigenvalue weighted by Gasteiger charge is -2.19. The second kappa shape index (κ2) is 12.4. The van der Waals surface area contributed by atoms with E-state index < -0.39 is 0 Å². The molecule has 0 spiro atoms. The number of benzene rings is 2. The topological polar surface area (TPSA) is 54.9 Å². The summed E-state index contributed by atoms with van der Waals surface area (Å²) in [6.45, 7) is 3.12. The van der Waals surface area contributed by atoms with Crippen molar-refractivity contribution in [2.24, 2.45) is 4.99 Å². The van der Waals surface area contributed by atoms with Crippen LogP contribution in [-0.2, 0) is 6.42 Å². The van der Waals surface area contributed by atoms with Crippen LogP contribution in [0.5, 0.6) is 11.5 Å². The minimum Gasteiger partial charge on any atom is -0.493 e. The molecule has 5 nitrogen and oxygen atoms in total. The first kappa shape index (κ1) is 23.0. The molecule has 0 fully saturated rings. The lowest BCUT2D eigenvalue weighted by molar-refractivity contribution is 0.213. The zero-order valence-corrected chi connectivity index (χ0v) is 18.2. The van der Waals surface area contributed by atoms with Crippen molar-refractivity contribution in [3.8, 4) is 11.5 Å². The van der Waals surface area contributed by atoms with Gasteiger partial charge in [-0.25, -0.2) is 4.39 Å². The molecular formula is C20H27FIN3O2. The highest BCUT2D eigenvalue weighted by atomic mass is 127. The SMILES string of the molecule is CN=C(NCCc1ccccc1F)NCC(C)Oc1ccccc1OC.I. The van der Waals surface area contributed by atoms with E-state index in [2.05, 4.69) is 15.6 Å². The van der Waals surface area contributed by atoms with Crippen LogP contribution < -0.4 is 20.1 Å². The molecular weight excluding hydrogens is 460 g/mol. The predicted octanol–water partition coefficient (Wildman–Crippen LogP) is 3.63.